The van der Waals surface area contributed by atoms with Gasteiger partial charge < -0.3 is 4.40 Å². The number of aryl methyl sites for hydroxylation is 1. The molecule has 104 valence electrons. The maximum Gasteiger partial charge on any atom is 0.137 e. The minimum absolute atomic E-state index is 0. The van der Waals surface area contributed by atoms with Crippen molar-refractivity contribution in [2.75, 3.05) is 0 Å². The molecule has 1 aromatic carbocycles. The fourth-order valence-corrected chi connectivity index (χ4v) is 3.16. The van der Waals surface area contributed by atoms with Gasteiger partial charge >= 0.3 is 0 Å². The van der Waals surface area contributed by atoms with Crippen LogP contribution in [0.5, 0.6) is 0 Å². The number of fused-ring (bicyclic) bond motifs is 1. The van der Waals surface area contributed by atoms with E-state index in [2.05, 4.69) is 62.7 Å². The Morgan fingerprint density at radius 2 is 1.90 bits per heavy atom. The summed E-state index contributed by atoms with van der Waals surface area (Å²) < 4.78 is 3.25. The molecule has 2 nitrogen and oxygen atoms in total. The molecule has 3 aromatic rings. The van der Waals surface area contributed by atoms with Crippen molar-refractivity contribution in [1.82, 2.24) is 9.38 Å². The van der Waals surface area contributed by atoms with Gasteiger partial charge in [0.25, 0.3) is 0 Å². The van der Waals surface area contributed by atoms with Crippen molar-refractivity contribution in [3.8, 4) is 0 Å². The van der Waals surface area contributed by atoms with E-state index in [1.54, 1.807) is 0 Å². The summed E-state index contributed by atoms with van der Waals surface area (Å²) in [6, 6.07) is 14.5. The van der Waals surface area contributed by atoms with Gasteiger partial charge in [0, 0.05) is 27.0 Å². The van der Waals surface area contributed by atoms with Crippen molar-refractivity contribution in [3.63, 3.8) is 0 Å². The third kappa shape index (κ3) is 3.19. The van der Waals surface area contributed by atoms with Crippen LogP contribution in [0.3, 0.4) is 0 Å². The van der Waals surface area contributed by atoms with E-state index in [1.807, 2.05) is 30.0 Å². The number of hydrogen-bond donors (Lipinski definition) is 0. The predicted octanol–water partition coefficient (Wildman–Crippen LogP) is 5.12. The van der Waals surface area contributed by atoms with Crippen LogP contribution in [0.2, 0.25) is 0 Å². The fourth-order valence-electron chi connectivity index (χ4n) is 1.99. The van der Waals surface area contributed by atoms with Crippen molar-refractivity contribution in [2.24, 2.45) is 0 Å². The van der Waals surface area contributed by atoms with E-state index in [0.29, 0.717) is 0 Å². The Labute approximate surface area is 137 Å². The highest BCUT2D eigenvalue weighted by atomic mass is 79.9. The number of halogens is 2. The average molecular weight is 370 g/mol. The lowest BCUT2D eigenvalue weighted by molar-refractivity contribution is 1.09. The van der Waals surface area contributed by atoms with Crippen molar-refractivity contribution >= 4 is 45.7 Å². The molecule has 0 aliphatic rings. The van der Waals surface area contributed by atoms with Gasteiger partial charge in [-0.1, -0.05) is 22.0 Å². The first-order valence-electron chi connectivity index (χ1n) is 6.05. The SMILES string of the molecule is Cc1c(CSc2ccc(Br)cc2)nc2ccccn12.Cl. The maximum atomic E-state index is 4.68. The minimum Gasteiger partial charge on any atom is -0.304 e. The quantitative estimate of drug-likeness (QED) is 0.596. The second kappa shape index (κ2) is 6.66. The zero-order valence-electron chi connectivity index (χ0n) is 10.9. The zero-order chi connectivity index (χ0) is 13.2. The highest BCUT2D eigenvalue weighted by molar-refractivity contribution is 9.10. The molecule has 0 N–H and O–H groups in total. The normalized spacial score (nSPS) is 10.5. The zero-order valence-corrected chi connectivity index (χ0v) is 14.1. The van der Waals surface area contributed by atoms with E-state index in [1.165, 1.54) is 10.6 Å². The van der Waals surface area contributed by atoms with E-state index in [9.17, 15) is 0 Å². The summed E-state index contributed by atoms with van der Waals surface area (Å²) in [6.45, 7) is 2.12. The third-order valence-electron chi connectivity index (χ3n) is 3.06. The molecule has 0 saturated heterocycles. The van der Waals surface area contributed by atoms with Gasteiger partial charge in [0.05, 0.1) is 5.69 Å². The van der Waals surface area contributed by atoms with Crippen molar-refractivity contribution < 1.29 is 0 Å². The molecule has 0 saturated carbocycles. The number of hydrogen-bond acceptors (Lipinski definition) is 2. The second-order valence-corrected chi connectivity index (χ2v) is 6.28. The lowest BCUT2D eigenvalue weighted by atomic mass is 10.4. The van der Waals surface area contributed by atoms with Gasteiger partial charge in [-0.3, -0.25) is 0 Å². The molecule has 2 heterocycles. The first-order chi connectivity index (χ1) is 9.24. The summed E-state index contributed by atoms with van der Waals surface area (Å²) in [6.07, 6.45) is 2.06. The Morgan fingerprint density at radius 3 is 2.60 bits per heavy atom. The summed E-state index contributed by atoms with van der Waals surface area (Å²) in [7, 11) is 0. The van der Waals surface area contributed by atoms with Gasteiger partial charge in [0.2, 0.25) is 0 Å². The van der Waals surface area contributed by atoms with Crippen LogP contribution in [-0.4, -0.2) is 9.38 Å². The van der Waals surface area contributed by atoms with E-state index < -0.39 is 0 Å². The number of thioether (sulfide) groups is 1. The molecule has 0 unspecified atom stereocenters. The Morgan fingerprint density at radius 1 is 1.15 bits per heavy atom. The number of rotatable bonds is 3. The van der Waals surface area contributed by atoms with Gasteiger partial charge in [0.15, 0.2) is 0 Å². The average Bonchev–Trinajstić information content (AvgIpc) is 2.76. The van der Waals surface area contributed by atoms with Crippen molar-refractivity contribution in [2.45, 2.75) is 17.6 Å². The molecule has 2 aromatic heterocycles. The molecular weight excluding hydrogens is 356 g/mol. The molecular formula is C15H14BrClN2S. The van der Waals surface area contributed by atoms with Crippen LogP contribution in [0.4, 0.5) is 0 Å². The maximum absolute atomic E-state index is 4.68. The molecule has 0 aliphatic carbocycles. The lowest BCUT2D eigenvalue weighted by Crippen LogP contribution is -1.88. The summed E-state index contributed by atoms with van der Waals surface area (Å²) in [5.74, 6) is 0.898. The minimum atomic E-state index is 0. The van der Waals surface area contributed by atoms with Crippen LogP contribution in [0.15, 0.2) is 58.0 Å². The Kier molecular flexibility index (Phi) is 5.13. The Balaban J connectivity index is 0.00000147. The molecule has 0 radical (unpaired) electrons. The summed E-state index contributed by atoms with van der Waals surface area (Å²) in [4.78, 5) is 5.94. The topological polar surface area (TPSA) is 17.3 Å². The standard InChI is InChI=1S/C15H13BrN2S.ClH/c1-11-14(17-15-4-2-3-9-18(11)15)10-19-13-7-5-12(16)6-8-13;/h2-9H,10H2,1H3;1H. The van der Waals surface area contributed by atoms with Crippen LogP contribution < -0.4 is 0 Å². The van der Waals surface area contributed by atoms with Crippen LogP contribution in [0.1, 0.15) is 11.4 Å². The molecule has 0 bridgehead atoms. The van der Waals surface area contributed by atoms with Gasteiger partial charge in [-0.2, -0.15) is 0 Å². The summed E-state index contributed by atoms with van der Waals surface area (Å²) in [5, 5.41) is 0. The van der Waals surface area contributed by atoms with Gasteiger partial charge in [-0.25, -0.2) is 4.98 Å². The summed E-state index contributed by atoms with van der Waals surface area (Å²) in [5.41, 5.74) is 3.39. The van der Waals surface area contributed by atoms with E-state index in [-0.39, 0.29) is 12.4 Å². The molecule has 20 heavy (non-hydrogen) atoms. The molecule has 3 rings (SSSR count). The molecule has 0 amide bonds. The number of nitrogens with zero attached hydrogens (tertiary/aromatic N) is 2. The number of aromatic nitrogens is 2. The summed E-state index contributed by atoms with van der Waals surface area (Å²) >= 11 is 5.27. The first-order valence-corrected chi connectivity index (χ1v) is 7.83. The van der Waals surface area contributed by atoms with Gasteiger partial charge in [-0.15, -0.1) is 24.2 Å². The fraction of sp³-hybridized carbons (Fsp3) is 0.133. The first kappa shape index (κ1) is 15.4. The second-order valence-electron chi connectivity index (χ2n) is 4.32. The monoisotopic (exact) mass is 368 g/mol. The van der Waals surface area contributed by atoms with Crippen LogP contribution in [0, 0.1) is 6.92 Å². The van der Waals surface area contributed by atoms with E-state index >= 15 is 0 Å². The molecule has 5 heteroatoms. The number of imidazole rings is 1. The van der Waals surface area contributed by atoms with Crippen molar-refractivity contribution in [1.29, 1.82) is 0 Å². The van der Waals surface area contributed by atoms with Crippen molar-refractivity contribution in [3.05, 3.63) is 64.5 Å². The Hall–Kier alpha value is -0.970. The molecule has 0 aliphatic heterocycles. The van der Waals surface area contributed by atoms with E-state index in [0.717, 1.165) is 21.6 Å². The Bertz CT molecular complexity index is 709. The third-order valence-corrected chi connectivity index (χ3v) is 4.61. The molecule has 0 fully saturated rings. The van der Waals surface area contributed by atoms with Crippen LogP contribution >= 0.6 is 40.1 Å². The van der Waals surface area contributed by atoms with Crippen LogP contribution in [-0.2, 0) is 5.75 Å². The largest absolute Gasteiger partial charge is 0.304 e. The van der Waals surface area contributed by atoms with Gasteiger partial charge in [0.1, 0.15) is 5.65 Å². The van der Waals surface area contributed by atoms with Gasteiger partial charge in [-0.05, 0) is 43.3 Å². The smallest absolute Gasteiger partial charge is 0.137 e. The highest BCUT2D eigenvalue weighted by Crippen LogP contribution is 2.25. The predicted molar refractivity (Wildman–Crippen MR) is 90.9 cm³/mol. The van der Waals surface area contributed by atoms with Crippen LogP contribution in [0.25, 0.3) is 5.65 Å². The number of pyridine rings is 1. The number of benzene rings is 1. The molecule has 0 spiro atoms. The highest BCUT2D eigenvalue weighted by Gasteiger charge is 2.07. The lowest BCUT2D eigenvalue weighted by Gasteiger charge is -2.01. The van der Waals surface area contributed by atoms with E-state index in [4.69, 9.17) is 0 Å². The molecule has 0 atom stereocenters.